The zero-order valence-electron chi connectivity index (χ0n) is 41.7. The van der Waals surface area contributed by atoms with Gasteiger partial charge >= 0.3 is 11.9 Å². The molecule has 0 spiro atoms. The molecule has 0 aromatic rings. The molecule has 0 amide bonds. The van der Waals surface area contributed by atoms with Crippen molar-refractivity contribution in [2.24, 2.45) is 0 Å². The summed E-state index contributed by atoms with van der Waals surface area (Å²) in [6, 6.07) is 0. The first-order valence-electron chi connectivity index (χ1n) is 26.8. The van der Waals surface area contributed by atoms with Crippen LogP contribution in [-0.4, -0.2) is 142 Å². The second kappa shape index (κ2) is 39.9. The number of aliphatic hydroxyl groups excluding tert-OH is 7. The van der Waals surface area contributed by atoms with Crippen LogP contribution in [0.4, 0.5) is 0 Å². The summed E-state index contributed by atoms with van der Waals surface area (Å²) in [5.74, 6) is -0.916. The highest BCUT2D eigenvalue weighted by molar-refractivity contribution is 5.70. The summed E-state index contributed by atoms with van der Waals surface area (Å²) >= 11 is 0. The highest BCUT2D eigenvalue weighted by Gasteiger charge is 2.47. The van der Waals surface area contributed by atoms with E-state index in [0.29, 0.717) is 12.8 Å². The second-order valence-corrected chi connectivity index (χ2v) is 19.1. The summed E-state index contributed by atoms with van der Waals surface area (Å²) < 4.78 is 33.6. The van der Waals surface area contributed by atoms with Gasteiger partial charge in [0.1, 0.15) is 55.4 Å². The molecule has 7 N–H and O–H groups in total. The molecule has 4 unspecified atom stereocenters. The van der Waals surface area contributed by atoms with Crippen molar-refractivity contribution in [2.75, 3.05) is 26.4 Å². The largest absolute Gasteiger partial charge is 0.462 e. The molecule has 11 atom stereocenters. The first-order chi connectivity index (χ1) is 32.5. The Morgan fingerprint density at radius 2 is 0.866 bits per heavy atom. The van der Waals surface area contributed by atoms with Crippen molar-refractivity contribution in [1.29, 1.82) is 0 Å². The van der Waals surface area contributed by atoms with E-state index in [9.17, 15) is 45.3 Å². The van der Waals surface area contributed by atoms with Crippen LogP contribution >= 0.6 is 0 Å². The summed E-state index contributed by atoms with van der Waals surface area (Å²) in [5.41, 5.74) is 0. The Kier molecular flexibility index (Phi) is 36.5. The van der Waals surface area contributed by atoms with E-state index in [-0.39, 0.29) is 26.1 Å². The Bertz CT molecular complexity index is 1220. The van der Waals surface area contributed by atoms with Crippen molar-refractivity contribution in [2.45, 2.75) is 280 Å². The molecule has 0 bridgehead atoms. The van der Waals surface area contributed by atoms with Crippen molar-refractivity contribution in [3.63, 3.8) is 0 Å². The van der Waals surface area contributed by atoms with Gasteiger partial charge in [-0.15, -0.1) is 0 Å². The van der Waals surface area contributed by atoms with E-state index >= 15 is 0 Å². The number of carbonyl (C=O) groups is 2. The third-order valence-electron chi connectivity index (χ3n) is 13.0. The highest BCUT2D eigenvalue weighted by Crippen LogP contribution is 2.27. The average molecular weight is 961 g/mol. The molecular formula is C52H96O15. The van der Waals surface area contributed by atoms with E-state index in [1.54, 1.807) is 0 Å². The Morgan fingerprint density at radius 1 is 0.463 bits per heavy atom. The number of esters is 2. The topological polar surface area (TPSA) is 231 Å². The van der Waals surface area contributed by atoms with Gasteiger partial charge in [-0.3, -0.25) is 9.59 Å². The first-order valence-corrected chi connectivity index (χ1v) is 26.8. The number of allylic oxidation sites excluding steroid dienone is 2. The lowest BCUT2D eigenvalue weighted by Crippen LogP contribution is -2.61. The maximum Gasteiger partial charge on any atom is 0.306 e. The predicted molar refractivity (Wildman–Crippen MR) is 257 cm³/mol. The van der Waals surface area contributed by atoms with Crippen molar-refractivity contribution in [1.82, 2.24) is 0 Å². The van der Waals surface area contributed by atoms with Gasteiger partial charge in [0.05, 0.1) is 19.8 Å². The van der Waals surface area contributed by atoms with E-state index in [4.69, 9.17) is 28.4 Å². The normalized spacial score (nSPS) is 26.0. The molecule has 0 aromatic carbocycles. The molecule has 0 radical (unpaired) electrons. The molecule has 2 saturated heterocycles. The summed E-state index contributed by atoms with van der Waals surface area (Å²) in [6.07, 6.45) is 22.3. The van der Waals surface area contributed by atoms with Gasteiger partial charge in [0, 0.05) is 12.8 Å². The van der Waals surface area contributed by atoms with Gasteiger partial charge in [-0.05, 0) is 32.1 Å². The van der Waals surface area contributed by atoms with E-state index < -0.39 is 92.7 Å². The molecule has 2 aliphatic rings. The summed E-state index contributed by atoms with van der Waals surface area (Å²) in [6.45, 7) is 2.59. The number of hydrogen-bond donors (Lipinski definition) is 7. The first kappa shape index (κ1) is 61.4. The van der Waals surface area contributed by atoms with Gasteiger partial charge in [-0.25, -0.2) is 0 Å². The zero-order chi connectivity index (χ0) is 48.9. The quantitative estimate of drug-likeness (QED) is 0.0176. The van der Waals surface area contributed by atoms with Gasteiger partial charge in [-0.2, -0.15) is 0 Å². The molecule has 2 rings (SSSR count). The van der Waals surface area contributed by atoms with E-state index in [1.807, 2.05) is 0 Å². The number of hydrogen-bond acceptors (Lipinski definition) is 15. The zero-order valence-corrected chi connectivity index (χ0v) is 41.7. The Labute approximate surface area is 403 Å². The van der Waals surface area contributed by atoms with E-state index in [2.05, 4.69) is 26.0 Å². The molecule has 0 saturated carbocycles. The average Bonchev–Trinajstić information content (AvgIpc) is 3.32. The third kappa shape index (κ3) is 28.0. The molecule has 2 fully saturated rings. The number of rotatable bonds is 42. The van der Waals surface area contributed by atoms with Crippen LogP contribution in [0, 0.1) is 0 Å². The SMILES string of the molecule is CCCC/C=C/CCCCCCCCCCCC(=O)O[C@@H](COC(=O)CCCCCCCCCCCCCCCCCC)CO[C@@H]1O[C@H](CO[C@@H]2O[C@H](CO)[C@H](O)C(O)C2O)[C@H](O)C(O)C1O. The number of unbranched alkanes of at least 4 members (excludes halogenated alkanes) is 26. The molecule has 0 aromatic heterocycles. The van der Waals surface area contributed by atoms with Crippen molar-refractivity contribution in [3.05, 3.63) is 12.2 Å². The van der Waals surface area contributed by atoms with E-state index in [1.165, 1.54) is 128 Å². The third-order valence-corrected chi connectivity index (χ3v) is 13.0. The minimum absolute atomic E-state index is 0.167. The number of carbonyl (C=O) groups excluding carboxylic acids is 2. The van der Waals surface area contributed by atoms with Crippen LogP contribution in [0.5, 0.6) is 0 Å². The van der Waals surface area contributed by atoms with Crippen LogP contribution in [0.15, 0.2) is 12.2 Å². The van der Waals surface area contributed by atoms with Crippen LogP contribution in [0.25, 0.3) is 0 Å². The van der Waals surface area contributed by atoms with Gasteiger partial charge in [0.2, 0.25) is 0 Å². The Morgan fingerprint density at radius 3 is 1.36 bits per heavy atom. The second-order valence-electron chi connectivity index (χ2n) is 19.1. The fraction of sp³-hybridized carbons (Fsp3) is 0.923. The van der Waals surface area contributed by atoms with Gasteiger partial charge in [0.15, 0.2) is 18.7 Å². The Balaban J connectivity index is 1.79. The Hall–Kier alpha value is -1.76. The molecule has 0 aliphatic carbocycles. The molecule has 15 heteroatoms. The molecule has 15 nitrogen and oxygen atoms in total. The van der Waals surface area contributed by atoms with Crippen LogP contribution in [-0.2, 0) is 38.0 Å². The van der Waals surface area contributed by atoms with Crippen LogP contribution in [0.1, 0.15) is 213 Å². The van der Waals surface area contributed by atoms with Gasteiger partial charge in [-0.1, -0.05) is 180 Å². The summed E-state index contributed by atoms with van der Waals surface area (Å²) in [7, 11) is 0. The smallest absolute Gasteiger partial charge is 0.306 e. The molecule has 2 heterocycles. The lowest BCUT2D eigenvalue weighted by molar-refractivity contribution is -0.332. The fourth-order valence-electron chi connectivity index (χ4n) is 8.55. The summed E-state index contributed by atoms with van der Waals surface area (Å²) in [5, 5.41) is 72.1. The molecule has 2 aliphatic heterocycles. The van der Waals surface area contributed by atoms with Crippen LogP contribution in [0.3, 0.4) is 0 Å². The molecule has 394 valence electrons. The van der Waals surface area contributed by atoms with Crippen LogP contribution < -0.4 is 0 Å². The van der Waals surface area contributed by atoms with Crippen molar-refractivity contribution >= 4 is 11.9 Å². The van der Waals surface area contributed by atoms with Crippen molar-refractivity contribution < 1.29 is 73.8 Å². The molecular weight excluding hydrogens is 865 g/mol. The predicted octanol–water partition coefficient (Wildman–Crippen LogP) is 7.77. The lowest BCUT2D eigenvalue weighted by atomic mass is 9.98. The summed E-state index contributed by atoms with van der Waals surface area (Å²) in [4.78, 5) is 25.8. The fourth-order valence-corrected chi connectivity index (χ4v) is 8.55. The lowest BCUT2D eigenvalue weighted by Gasteiger charge is -2.42. The maximum atomic E-state index is 13.0. The highest BCUT2D eigenvalue weighted by atomic mass is 16.7. The minimum atomic E-state index is -1.76. The van der Waals surface area contributed by atoms with Gasteiger partial charge in [0.25, 0.3) is 0 Å². The monoisotopic (exact) mass is 961 g/mol. The molecule has 67 heavy (non-hydrogen) atoms. The van der Waals surface area contributed by atoms with Gasteiger partial charge < -0.3 is 64.2 Å². The van der Waals surface area contributed by atoms with Crippen molar-refractivity contribution in [3.8, 4) is 0 Å². The maximum absolute atomic E-state index is 13.0. The standard InChI is InChI=1S/C52H96O15/c1-3-5-7-9-11-13-15-17-19-21-22-24-26-28-30-32-34-43(54)62-37-40(65-44(55)35-33-31-29-27-25-23-20-18-16-14-12-10-8-6-4-2)38-63-51-50(61)48(59)46(57)42(67-51)39-64-52-49(60)47(58)45(56)41(36-53)66-52/h10,12,40-42,45-53,56-61H,3-9,11,13-39H2,1-2H3/b12-10+/t40-,41+,42+,45-,46-,47?,48?,49?,50?,51+,52+/m0/s1. The number of ether oxygens (including phenoxy) is 6. The van der Waals surface area contributed by atoms with Crippen LogP contribution in [0.2, 0.25) is 0 Å². The van der Waals surface area contributed by atoms with E-state index in [0.717, 1.165) is 44.9 Å². The minimum Gasteiger partial charge on any atom is -0.462 e. The number of aliphatic hydroxyl groups is 7.